The van der Waals surface area contributed by atoms with Crippen LogP contribution in [-0.4, -0.2) is 60.8 Å². The number of hydrogen-bond acceptors (Lipinski definition) is 10. The van der Waals surface area contributed by atoms with Gasteiger partial charge in [-0.05, 0) is 25.7 Å². The Morgan fingerprint density at radius 2 is 0.322 bits per heavy atom. The predicted octanol–water partition coefficient (Wildman–Crippen LogP) is 26.6. The van der Waals surface area contributed by atoms with Crippen molar-refractivity contribution in [2.24, 2.45) is 0 Å². The Morgan fingerprint density at radius 3 is 0.467 bits per heavy atom. The standard InChI is InChI=1S/2C40H78O4S/c2*1-3-5-7-9-11-13-15-17-19-21-23-25-27-29-31-33-35-43-39(41)37-38(45)40(42)44-36-34-32-30-28-26-24-22-20-18-16-14-12-10-8-6-4-2/h2*38,45H,3-37H2,1-2H3. The van der Waals surface area contributed by atoms with Crippen LogP contribution in [0.4, 0.5) is 0 Å². The third kappa shape index (κ3) is 77.3. The van der Waals surface area contributed by atoms with E-state index in [1.54, 1.807) is 0 Å². The molecule has 0 radical (unpaired) electrons. The SMILES string of the molecule is CCCCCCCCCCCCCCCCCCOC(=O)CC(S)C(=O)OCCCCCCCCCCCCCCCCCC.CCCCCCCCCCCCCCCCCCOC(=O)CC(S)C(=O)OCCCCCCCCCCCCCCCCCC. The zero-order valence-corrected chi connectivity index (χ0v) is 62.6. The van der Waals surface area contributed by atoms with Gasteiger partial charge in [-0.1, -0.05) is 413 Å². The Balaban J connectivity index is 0. The highest BCUT2D eigenvalue weighted by atomic mass is 32.1. The summed E-state index contributed by atoms with van der Waals surface area (Å²) in [5, 5.41) is -1.46. The summed E-state index contributed by atoms with van der Waals surface area (Å²) in [6.45, 7) is 10.8. The Morgan fingerprint density at radius 1 is 0.200 bits per heavy atom. The summed E-state index contributed by atoms with van der Waals surface area (Å²) in [4.78, 5) is 48.5. The van der Waals surface area contributed by atoms with E-state index in [1.807, 2.05) is 0 Å². The van der Waals surface area contributed by atoms with Crippen LogP contribution in [0.3, 0.4) is 0 Å². The molecule has 0 amide bonds. The Kier molecular flexibility index (Phi) is 80.6. The van der Waals surface area contributed by atoms with Crippen molar-refractivity contribution in [2.45, 2.75) is 462 Å². The zero-order chi connectivity index (χ0) is 65.8. The largest absolute Gasteiger partial charge is 0.466 e. The molecule has 90 heavy (non-hydrogen) atoms. The van der Waals surface area contributed by atoms with Gasteiger partial charge in [0.2, 0.25) is 0 Å². The first kappa shape index (κ1) is 90.6. The first-order valence-electron chi connectivity index (χ1n) is 40.2. The normalized spacial score (nSPS) is 12.0. The smallest absolute Gasteiger partial charge is 0.319 e. The summed E-state index contributed by atoms with van der Waals surface area (Å²) in [6.07, 6.45) is 84.6. The summed E-state index contributed by atoms with van der Waals surface area (Å²) in [5.74, 6) is -1.51. The fourth-order valence-corrected chi connectivity index (χ4v) is 12.6. The van der Waals surface area contributed by atoms with Gasteiger partial charge in [0.1, 0.15) is 10.5 Å². The molecule has 2 unspecified atom stereocenters. The quantitative estimate of drug-likeness (QED) is 0.0269. The summed E-state index contributed by atoms with van der Waals surface area (Å²) < 4.78 is 21.3. The highest BCUT2D eigenvalue weighted by Gasteiger charge is 2.21. The molecule has 0 bridgehead atoms. The van der Waals surface area contributed by atoms with Crippen LogP contribution in [0.1, 0.15) is 451 Å². The molecule has 10 heteroatoms. The van der Waals surface area contributed by atoms with Gasteiger partial charge in [-0.2, -0.15) is 25.3 Å². The molecule has 0 aliphatic carbocycles. The summed E-state index contributed by atoms with van der Waals surface area (Å²) >= 11 is 8.56. The molecule has 0 aliphatic heterocycles. The first-order chi connectivity index (χ1) is 44.2. The van der Waals surface area contributed by atoms with Crippen LogP contribution in [0.25, 0.3) is 0 Å². The molecule has 0 aromatic heterocycles. The minimum absolute atomic E-state index is 0.0141. The van der Waals surface area contributed by atoms with Crippen LogP contribution in [0, 0.1) is 0 Å². The Labute approximate surface area is 572 Å². The van der Waals surface area contributed by atoms with E-state index in [1.165, 1.54) is 360 Å². The van der Waals surface area contributed by atoms with Crippen LogP contribution in [0.15, 0.2) is 0 Å². The van der Waals surface area contributed by atoms with Crippen LogP contribution < -0.4 is 0 Å². The lowest BCUT2D eigenvalue weighted by Gasteiger charge is -2.11. The van der Waals surface area contributed by atoms with Gasteiger partial charge in [-0.15, -0.1) is 0 Å². The molecule has 8 nitrogen and oxygen atoms in total. The van der Waals surface area contributed by atoms with Crippen molar-refractivity contribution >= 4 is 49.1 Å². The maximum atomic E-state index is 12.2. The van der Waals surface area contributed by atoms with Crippen molar-refractivity contribution in [3.63, 3.8) is 0 Å². The van der Waals surface area contributed by atoms with Gasteiger partial charge < -0.3 is 18.9 Å². The van der Waals surface area contributed by atoms with E-state index < -0.39 is 22.4 Å². The second-order valence-electron chi connectivity index (χ2n) is 27.4. The minimum Gasteiger partial charge on any atom is -0.466 e. The summed E-state index contributed by atoms with van der Waals surface area (Å²) in [6, 6.07) is 0. The van der Waals surface area contributed by atoms with E-state index >= 15 is 0 Å². The molecule has 0 aromatic rings. The predicted molar refractivity (Wildman–Crippen MR) is 397 cm³/mol. The maximum Gasteiger partial charge on any atom is 0.319 e. The third-order valence-corrected chi connectivity index (χ3v) is 19.1. The second kappa shape index (κ2) is 80.0. The lowest BCUT2D eigenvalue weighted by Crippen LogP contribution is -2.23. The molecule has 0 spiro atoms. The third-order valence-electron chi connectivity index (χ3n) is 18.3. The van der Waals surface area contributed by atoms with E-state index in [9.17, 15) is 19.2 Å². The van der Waals surface area contributed by atoms with E-state index in [0.29, 0.717) is 26.4 Å². The molecular formula is C80H156O8S2. The fraction of sp³-hybridized carbons (Fsp3) is 0.950. The first-order valence-corrected chi connectivity index (χ1v) is 41.3. The molecule has 0 saturated heterocycles. The topological polar surface area (TPSA) is 105 Å². The maximum absolute atomic E-state index is 12.2. The molecule has 0 N–H and O–H groups in total. The van der Waals surface area contributed by atoms with Crippen LogP contribution in [-0.2, 0) is 38.1 Å². The average Bonchev–Trinajstić information content (AvgIpc) is 3.55. The second-order valence-corrected chi connectivity index (χ2v) is 28.7. The number of ether oxygens (including phenoxy) is 4. The van der Waals surface area contributed by atoms with Crippen molar-refractivity contribution in [1.82, 2.24) is 0 Å². The Bertz CT molecular complexity index is 1330. The molecule has 0 fully saturated rings. The number of unbranched alkanes of at least 4 members (excludes halogenated alkanes) is 60. The zero-order valence-electron chi connectivity index (χ0n) is 60.8. The van der Waals surface area contributed by atoms with Crippen molar-refractivity contribution < 1.29 is 38.1 Å². The van der Waals surface area contributed by atoms with Gasteiger partial charge in [0.25, 0.3) is 0 Å². The number of carbonyl (C=O) groups is 4. The molecular weight excluding hydrogens is 1150 g/mol. The number of rotatable bonds is 74. The Hall–Kier alpha value is -1.42. The van der Waals surface area contributed by atoms with Crippen LogP contribution in [0.5, 0.6) is 0 Å². The van der Waals surface area contributed by atoms with E-state index in [0.717, 1.165) is 51.4 Å². The van der Waals surface area contributed by atoms with Crippen molar-refractivity contribution in [3.05, 3.63) is 0 Å². The van der Waals surface area contributed by atoms with Gasteiger partial charge >= 0.3 is 23.9 Å². The van der Waals surface area contributed by atoms with E-state index in [-0.39, 0.29) is 24.8 Å². The monoisotopic (exact) mass is 1310 g/mol. The van der Waals surface area contributed by atoms with Crippen LogP contribution in [0.2, 0.25) is 0 Å². The molecule has 0 rings (SSSR count). The van der Waals surface area contributed by atoms with Gasteiger partial charge in [0.05, 0.1) is 39.3 Å². The molecule has 0 aliphatic rings. The van der Waals surface area contributed by atoms with Gasteiger partial charge in [-0.25, -0.2) is 0 Å². The molecule has 2 atom stereocenters. The van der Waals surface area contributed by atoms with Gasteiger partial charge in [0, 0.05) is 0 Å². The molecule has 0 saturated carbocycles. The summed E-state index contributed by atoms with van der Waals surface area (Å²) in [7, 11) is 0. The lowest BCUT2D eigenvalue weighted by atomic mass is 10.0. The van der Waals surface area contributed by atoms with Crippen molar-refractivity contribution in [1.29, 1.82) is 0 Å². The minimum atomic E-state index is -0.732. The van der Waals surface area contributed by atoms with Crippen LogP contribution >= 0.6 is 25.3 Å². The highest BCUT2D eigenvalue weighted by Crippen LogP contribution is 2.20. The van der Waals surface area contributed by atoms with E-state index in [4.69, 9.17) is 18.9 Å². The number of carbonyl (C=O) groups excluding carboxylic acids is 4. The lowest BCUT2D eigenvalue weighted by molar-refractivity contribution is -0.149. The number of thiol groups is 2. The van der Waals surface area contributed by atoms with Gasteiger partial charge in [0.15, 0.2) is 0 Å². The molecule has 0 aromatic carbocycles. The average molecular weight is 1310 g/mol. The van der Waals surface area contributed by atoms with Gasteiger partial charge in [-0.3, -0.25) is 19.2 Å². The summed E-state index contributed by atoms with van der Waals surface area (Å²) in [5.41, 5.74) is 0. The molecule has 536 valence electrons. The van der Waals surface area contributed by atoms with E-state index in [2.05, 4.69) is 53.0 Å². The highest BCUT2D eigenvalue weighted by molar-refractivity contribution is 7.82. The fourth-order valence-electron chi connectivity index (χ4n) is 12.1. The van der Waals surface area contributed by atoms with Crippen molar-refractivity contribution in [3.8, 4) is 0 Å². The number of esters is 4. The number of hydrogen-bond donors (Lipinski definition) is 2. The van der Waals surface area contributed by atoms with Crippen molar-refractivity contribution in [2.75, 3.05) is 26.4 Å². The molecule has 0 heterocycles.